The molecule has 0 saturated carbocycles. The van der Waals surface area contributed by atoms with Gasteiger partial charge in [0.15, 0.2) is 4.34 Å². The summed E-state index contributed by atoms with van der Waals surface area (Å²) in [7, 11) is 1.61. The fraction of sp³-hybridized carbons (Fsp3) is 0.316. The summed E-state index contributed by atoms with van der Waals surface area (Å²) >= 11 is 9.56. The second kappa shape index (κ2) is 10.9. The van der Waals surface area contributed by atoms with Gasteiger partial charge in [0, 0.05) is 13.0 Å². The van der Waals surface area contributed by atoms with Gasteiger partial charge in [0.2, 0.25) is 11.0 Å². The highest BCUT2D eigenvalue weighted by Crippen LogP contribution is 2.33. The lowest BCUT2D eigenvalue weighted by molar-refractivity contribution is -0.122. The average Bonchev–Trinajstić information content (AvgIpc) is 3.27. The number of hydrogen-bond acceptors (Lipinski definition) is 9. The first-order valence-corrected chi connectivity index (χ1v) is 12.2. The lowest BCUT2D eigenvalue weighted by atomic mass is 10.2. The minimum absolute atomic E-state index is 0.133. The van der Waals surface area contributed by atoms with E-state index in [1.165, 1.54) is 23.1 Å². The van der Waals surface area contributed by atoms with Gasteiger partial charge in [-0.25, -0.2) is 0 Å². The zero-order chi connectivity index (χ0) is 21.5. The van der Waals surface area contributed by atoms with Crippen LogP contribution in [0.3, 0.4) is 0 Å². The first-order valence-electron chi connectivity index (χ1n) is 9.15. The predicted octanol–water partition coefficient (Wildman–Crippen LogP) is 4.28. The molecule has 7 nitrogen and oxygen atoms in total. The van der Waals surface area contributed by atoms with Crippen LogP contribution in [-0.2, 0) is 9.59 Å². The van der Waals surface area contributed by atoms with E-state index >= 15 is 0 Å². The number of carbonyl (C=O) groups excluding carboxylic acids is 2. The third kappa shape index (κ3) is 6.03. The van der Waals surface area contributed by atoms with Crippen LogP contribution in [0.15, 0.2) is 33.5 Å². The number of amides is 2. The fourth-order valence-electron chi connectivity index (χ4n) is 2.57. The van der Waals surface area contributed by atoms with Gasteiger partial charge in [0.1, 0.15) is 10.1 Å². The molecule has 2 amide bonds. The van der Waals surface area contributed by atoms with Gasteiger partial charge in [-0.1, -0.05) is 66.1 Å². The van der Waals surface area contributed by atoms with Gasteiger partial charge in [0.05, 0.1) is 12.0 Å². The normalized spacial score (nSPS) is 15.1. The van der Waals surface area contributed by atoms with Crippen molar-refractivity contribution in [2.75, 3.05) is 24.7 Å². The molecule has 0 aliphatic carbocycles. The third-order valence-electron chi connectivity index (χ3n) is 3.99. The molecule has 1 aliphatic heterocycles. The number of rotatable bonds is 9. The highest BCUT2D eigenvalue weighted by molar-refractivity contribution is 8.26. The minimum atomic E-state index is -0.154. The number of ether oxygens (including phenoxy) is 1. The van der Waals surface area contributed by atoms with E-state index in [0.717, 1.165) is 21.4 Å². The van der Waals surface area contributed by atoms with Crippen molar-refractivity contribution >= 4 is 74.4 Å². The molecule has 1 saturated heterocycles. The molecule has 0 radical (unpaired) electrons. The Hall–Kier alpha value is -1.95. The molecule has 1 fully saturated rings. The first-order chi connectivity index (χ1) is 14.5. The summed E-state index contributed by atoms with van der Waals surface area (Å²) in [5.41, 5.74) is 0.897. The van der Waals surface area contributed by atoms with Crippen molar-refractivity contribution in [3.05, 3.63) is 34.7 Å². The van der Waals surface area contributed by atoms with Crippen molar-refractivity contribution in [2.24, 2.45) is 0 Å². The van der Waals surface area contributed by atoms with E-state index in [1.807, 2.05) is 37.3 Å². The summed E-state index contributed by atoms with van der Waals surface area (Å²) in [6, 6.07) is 7.45. The van der Waals surface area contributed by atoms with E-state index in [0.29, 0.717) is 27.3 Å². The molecule has 1 N–H and O–H groups in total. The molecule has 0 unspecified atom stereocenters. The molecule has 11 heteroatoms. The van der Waals surface area contributed by atoms with Crippen molar-refractivity contribution in [3.63, 3.8) is 0 Å². The van der Waals surface area contributed by atoms with Crippen molar-refractivity contribution in [2.45, 2.75) is 24.1 Å². The van der Waals surface area contributed by atoms with E-state index in [-0.39, 0.29) is 18.2 Å². The smallest absolute Gasteiger partial charge is 0.266 e. The highest BCUT2D eigenvalue weighted by Gasteiger charge is 2.31. The van der Waals surface area contributed by atoms with Crippen molar-refractivity contribution in [1.82, 2.24) is 15.1 Å². The third-order valence-corrected chi connectivity index (χ3v) is 7.23. The standard InChI is InChI=1S/C19H20N4O3S4/c1-3-28-18-22-21-17(30-18)20-15(24)5-4-10-23-16(25)14(29-19(23)27)11-12-6-8-13(26-2)9-7-12/h6-9,11H,3-5,10H2,1-2H3,(H,20,21,24)/b14-11-. The number of thiocarbonyl (C=S) groups is 1. The second-order valence-corrected chi connectivity index (χ2v) is 10.2. The lowest BCUT2D eigenvalue weighted by Gasteiger charge is -2.13. The fourth-order valence-corrected chi connectivity index (χ4v) is 5.54. The van der Waals surface area contributed by atoms with Crippen LogP contribution in [0.1, 0.15) is 25.3 Å². The molecule has 2 heterocycles. The van der Waals surface area contributed by atoms with Gasteiger partial charge < -0.3 is 10.1 Å². The van der Waals surface area contributed by atoms with Crippen LogP contribution in [-0.4, -0.2) is 50.6 Å². The molecule has 1 aliphatic rings. The van der Waals surface area contributed by atoms with Crippen LogP contribution < -0.4 is 10.1 Å². The van der Waals surface area contributed by atoms with Crippen LogP contribution >= 0.6 is 47.1 Å². The summed E-state index contributed by atoms with van der Waals surface area (Å²) < 4.78 is 6.48. The van der Waals surface area contributed by atoms with Crippen LogP contribution in [0.25, 0.3) is 6.08 Å². The maximum atomic E-state index is 12.7. The van der Waals surface area contributed by atoms with E-state index in [9.17, 15) is 9.59 Å². The van der Waals surface area contributed by atoms with Gasteiger partial charge in [-0.2, -0.15) is 0 Å². The molecule has 0 spiro atoms. The lowest BCUT2D eigenvalue weighted by Crippen LogP contribution is -2.29. The highest BCUT2D eigenvalue weighted by atomic mass is 32.2. The van der Waals surface area contributed by atoms with E-state index < -0.39 is 0 Å². The number of thioether (sulfide) groups is 2. The van der Waals surface area contributed by atoms with Crippen LogP contribution in [0.4, 0.5) is 5.13 Å². The van der Waals surface area contributed by atoms with Gasteiger partial charge in [0.25, 0.3) is 5.91 Å². The Morgan fingerprint density at radius 3 is 2.80 bits per heavy atom. The summed E-state index contributed by atoms with van der Waals surface area (Å²) in [5, 5.41) is 11.2. The molecule has 3 rings (SSSR count). The van der Waals surface area contributed by atoms with Crippen LogP contribution in [0.5, 0.6) is 5.75 Å². The molecule has 2 aromatic rings. The number of hydrogen-bond donors (Lipinski definition) is 1. The molecular formula is C19H20N4O3S4. The van der Waals surface area contributed by atoms with E-state index in [2.05, 4.69) is 15.5 Å². The van der Waals surface area contributed by atoms with Gasteiger partial charge in [-0.05, 0) is 35.9 Å². The molecule has 1 aromatic heterocycles. The predicted molar refractivity (Wildman–Crippen MR) is 127 cm³/mol. The number of benzene rings is 1. The largest absolute Gasteiger partial charge is 0.497 e. The maximum absolute atomic E-state index is 12.7. The number of carbonyl (C=O) groups is 2. The Balaban J connectivity index is 1.50. The van der Waals surface area contributed by atoms with Crippen LogP contribution in [0, 0.1) is 0 Å². The molecule has 30 heavy (non-hydrogen) atoms. The van der Waals surface area contributed by atoms with Gasteiger partial charge in [-0.3, -0.25) is 14.5 Å². The Bertz CT molecular complexity index is 959. The summed E-state index contributed by atoms with van der Waals surface area (Å²) in [4.78, 5) is 26.9. The quantitative estimate of drug-likeness (QED) is 0.246. The maximum Gasteiger partial charge on any atom is 0.266 e. The van der Waals surface area contributed by atoms with Crippen molar-refractivity contribution < 1.29 is 14.3 Å². The number of nitrogens with one attached hydrogen (secondary N) is 1. The van der Waals surface area contributed by atoms with Crippen molar-refractivity contribution in [3.8, 4) is 5.75 Å². The molecule has 1 aromatic carbocycles. The van der Waals surface area contributed by atoms with Gasteiger partial charge >= 0.3 is 0 Å². The summed E-state index contributed by atoms with van der Waals surface area (Å²) in [5.74, 6) is 1.37. The van der Waals surface area contributed by atoms with Crippen molar-refractivity contribution in [1.29, 1.82) is 0 Å². The summed E-state index contributed by atoms with van der Waals surface area (Å²) in [6.07, 6.45) is 2.58. The Morgan fingerprint density at radius 2 is 2.10 bits per heavy atom. The first kappa shape index (κ1) is 22.7. The molecule has 0 bridgehead atoms. The Kier molecular flexibility index (Phi) is 8.25. The number of methoxy groups -OCH3 is 1. The van der Waals surface area contributed by atoms with Gasteiger partial charge in [-0.15, -0.1) is 10.2 Å². The average molecular weight is 481 g/mol. The van der Waals surface area contributed by atoms with E-state index in [1.54, 1.807) is 23.8 Å². The monoisotopic (exact) mass is 480 g/mol. The second-order valence-electron chi connectivity index (χ2n) is 6.06. The molecule has 158 valence electrons. The number of nitrogens with zero attached hydrogens (tertiary/aromatic N) is 3. The topological polar surface area (TPSA) is 84.4 Å². The van der Waals surface area contributed by atoms with E-state index in [4.69, 9.17) is 17.0 Å². The SMILES string of the molecule is CCSc1nnc(NC(=O)CCCN2C(=O)/C(=C/c3ccc(OC)cc3)SC2=S)s1. The summed E-state index contributed by atoms with van der Waals surface area (Å²) in [6.45, 7) is 2.43. The molecule has 0 atom stereocenters. The number of anilines is 1. The Morgan fingerprint density at radius 1 is 1.33 bits per heavy atom. The Labute approximate surface area is 192 Å². The van der Waals surface area contributed by atoms with Crippen LogP contribution in [0.2, 0.25) is 0 Å². The zero-order valence-electron chi connectivity index (χ0n) is 16.4. The molecular weight excluding hydrogens is 461 g/mol. The number of aromatic nitrogens is 2. The minimum Gasteiger partial charge on any atom is -0.497 e. The zero-order valence-corrected chi connectivity index (χ0v) is 19.7.